The van der Waals surface area contributed by atoms with Crippen LogP contribution in [-0.4, -0.2) is 55.1 Å². The molecule has 0 unspecified atom stereocenters. The third kappa shape index (κ3) is 5.06. The number of likely N-dealkylation sites (tertiary alicyclic amines) is 1. The first kappa shape index (κ1) is 23.1. The molecule has 35 heavy (non-hydrogen) atoms. The molecule has 0 radical (unpaired) electrons. The van der Waals surface area contributed by atoms with Crippen LogP contribution in [0.3, 0.4) is 0 Å². The molecule has 0 amide bonds. The van der Waals surface area contributed by atoms with Crippen molar-refractivity contribution in [2.24, 2.45) is 7.05 Å². The van der Waals surface area contributed by atoms with Gasteiger partial charge in [-0.05, 0) is 54.8 Å². The maximum Gasteiger partial charge on any atom is 0.264 e. The van der Waals surface area contributed by atoms with Crippen molar-refractivity contribution in [3.8, 4) is 17.2 Å². The summed E-state index contributed by atoms with van der Waals surface area (Å²) in [5, 5.41) is 15.7. The van der Waals surface area contributed by atoms with E-state index in [1.807, 2.05) is 36.4 Å². The fraction of sp³-hybridized carbons (Fsp3) is 0.346. The zero-order valence-electron chi connectivity index (χ0n) is 19.9. The second-order valence-electron chi connectivity index (χ2n) is 9.11. The first-order chi connectivity index (χ1) is 16.9. The van der Waals surface area contributed by atoms with Gasteiger partial charge >= 0.3 is 0 Å². The summed E-state index contributed by atoms with van der Waals surface area (Å²) in [6, 6.07) is 15.5. The summed E-state index contributed by atoms with van der Waals surface area (Å²) < 4.78 is 14.2. The second kappa shape index (κ2) is 9.52. The number of methoxy groups -OCH3 is 1. The molecule has 0 atom stereocenters. The molecular formula is C26H29N5O4. The van der Waals surface area contributed by atoms with Crippen molar-refractivity contribution in [1.82, 2.24) is 24.2 Å². The van der Waals surface area contributed by atoms with Gasteiger partial charge in [-0.3, -0.25) is 18.9 Å². The molecule has 1 saturated heterocycles. The van der Waals surface area contributed by atoms with Gasteiger partial charge in [0.2, 0.25) is 0 Å². The molecule has 3 heterocycles. The Morgan fingerprint density at radius 2 is 1.63 bits per heavy atom. The highest BCUT2D eigenvalue weighted by Crippen LogP contribution is 2.27. The first-order valence-corrected chi connectivity index (χ1v) is 11.7. The largest absolute Gasteiger partial charge is 0.497 e. The third-order valence-electron chi connectivity index (χ3n) is 6.59. The topological polar surface area (TPSA) is 94.6 Å². The number of aryl methyl sites for hydroxylation is 1. The van der Waals surface area contributed by atoms with Crippen LogP contribution in [0.15, 0.2) is 65.8 Å². The SMILES string of the molecule is COc1ccc(Oc2ccc(CN3CCC(O)(Cn4cnc5c(cnn5C)c4=O)CC3)cc2)cc1. The fourth-order valence-electron chi connectivity index (χ4n) is 4.48. The summed E-state index contributed by atoms with van der Waals surface area (Å²) in [4.78, 5) is 19.4. The Kier molecular flexibility index (Phi) is 6.27. The second-order valence-corrected chi connectivity index (χ2v) is 9.11. The molecule has 1 aliphatic heterocycles. The van der Waals surface area contributed by atoms with Crippen LogP contribution in [0.25, 0.3) is 11.0 Å². The average molecular weight is 476 g/mol. The van der Waals surface area contributed by atoms with Gasteiger partial charge in [0.1, 0.15) is 29.0 Å². The normalized spacial score (nSPS) is 15.9. The predicted octanol–water partition coefficient (Wildman–Crippen LogP) is 2.96. The molecule has 2 aromatic heterocycles. The number of nitrogens with zero attached hydrogens (tertiary/aromatic N) is 5. The summed E-state index contributed by atoms with van der Waals surface area (Å²) in [6.07, 6.45) is 4.21. The van der Waals surface area contributed by atoms with Crippen molar-refractivity contribution in [3.63, 3.8) is 0 Å². The van der Waals surface area contributed by atoms with Crippen molar-refractivity contribution < 1.29 is 14.6 Å². The lowest BCUT2D eigenvalue weighted by atomic mass is 9.91. The Balaban J connectivity index is 1.16. The van der Waals surface area contributed by atoms with Gasteiger partial charge in [0.15, 0.2) is 5.65 Å². The Bertz CT molecular complexity index is 1350. The Hall–Kier alpha value is -3.69. The first-order valence-electron chi connectivity index (χ1n) is 11.7. The number of aromatic nitrogens is 4. The number of hydrogen-bond acceptors (Lipinski definition) is 7. The zero-order valence-corrected chi connectivity index (χ0v) is 19.9. The number of aliphatic hydroxyl groups is 1. The highest BCUT2D eigenvalue weighted by atomic mass is 16.5. The summed E-state index contributed by atoms with van der Waals surface area (Å²) in [7, 11) is 3.39. The predicted molar refractivity (Wildman–Crippen MR) is 132 cm³/mol. The molecule has 1 fully saturated rings. The summed E-state index contributed by atoms with van der Waals surface area (Å²) in [6.45, 7) is 2.52. The number of piperidine rings is 1. The molecule has 5 rings (SSSR count). The van der Waals surface area contributed by atoms with Gasteiger partial charge in [-0.2, -0.15) is 5.10 Å². The van der Waals surface area contributed by atoms with Crippen molar-refractivity contribution in [1.29, 1.82) is 0 Å². The van der Waals surface area contributed by atoms with Crippen LogP contribution in [0.1, 0.15) is 18.4 Å². The standard InChI is InChI=1S/C26H29N5O4/c1-29-24-23(15-28-29)25(32)31(18-27-24)17-26(33)11-13-30(14-12-26)16-19-3-5-21(6-4-19)35-22-9-7-20(34-2)8-10-22/h3-10,15,18,33H,11-14,16-17H2,1-2H3. The van der Waals surface area contributed by atoms with Crippen LogP contribution in [0, 0.1) is 0 Å². The van der Waals surface area contributed by atoms with Crippen LogP contribution >= 0.6 is 0 Å². The van der Waals surface area contributed by atoms with Crippen LogP contribution < -0.4 is 15.0 Å². The number of fused-ring (bicyclic) bond motifs is 1. The molecule has 9 heteroatoms. The number of rotatable bonds is 7. The van der Waals surface area contributed by atoms with E-state index < -0.39 is 5.60 Å². The fourth-order valence-corrected chi connectivity index (χ4v) is 4.48. The van der Waals surface area contributed by atoms with E-state index in [2.05, 4.69) is 27.1 Å². The average Bonchev–Trinajstić information content (AvgIpc) is 3.25. The van der Waals surface area contributed by atoms with E-state index in [9.17, 15) is 9.90 Å². The maximum absolute atomic E-state index is 12.8. The molecule has 0 saturated carbocycles. The quantitative estimate of drug-likeness (QED) is 0.439. The lowest BCUT2D eigenvalue weighted by Crippen LogP contribution is -2.47. The summed E-state index contributed by atoms with van der Waals surface area (Å²) in [5.74, 6) is 2.32. The van der Waals surface area contributed by atoms with Gasteiger partial charge in [-0.1, -0.05) is 12.1 Å². The van der Waals surface area contributed by atoms with Crippen molar-refractivity contribution in [3.05, 3.63) is 77.0 Å². The Labute approximate surface area is 203 Å². The maximum atomic E-state index is 12.8. The van der Waals surface area contributed by atoms with E-state index in [1.165, 1.54) is 22.7 Å². The van der Waals surface area contributed by atoms with E-state index >= 15 is 0 Å². The molecule has 0 bridgehead atoms. The van der Waals surface area contributed by atoms with Crippen LogP contribution in [0.2, 0.25) is 0 Å². The lowest BCUT2D eigenvalue weighted by Gasteiger charge is -2.38. The Morgan fingerprint density at radius 1 is 1.00 bits per heavy atom. The van der Waals surface area contributed by atoms with Crippen LogP contribution in [-0.2, 0) is 20.1 Å². The van der Waals surface area contributed by atoms with E-state index in [0.29, 0.717) is 23.9 Å². The lowest BCUT2D eigenvalue weighted by molar-refractivity contribution is -0.0364. The molecule has 182 valence electrons. The van der Waals surface area contributed by atoms with E-state index in [-0.39, 0.29) is 12.1 Å². The van der Waals surface area contributed by atoms with E-state index in [1.54, 1.807) is 18.8 Å². The molecule has 0 spiro atoms. The van der Waals surface area contributed by atoms with Gasteiger partial charge in [0.25, 0.3) is 5.56 Å². The van der Waals surface area contributed by atoms with E-state index in [0.717, 1.165) is 36.9 Å². The van der Waals surface area contributed by atoms with Gasteiger partial charge in [-0.15, -0.1) is 0 Å². The van der Waals surface area contributed by atoms with Crippen molar-refractivity contribution in [2.45, 2.75) is 31.5 Å². The molecule has 2 aromatic carbocycles. The molecule has 1 N–H and O–H groups in total. The zero-order chi connectivity index (χ0) is 24.4. The molecule has 4 aromatic rings. The smallest absolute Gasteiger partial charge is 0.264 e. The number of ether oxygens (including phenoxy) is 2. The van der Waals surface area contributed by atoms with Gasteiger partial charge in [-0.25, -0.2) is 4.98 Å². The Morgan fingerprint density at radius 3 is 2.29 bits per heavy atom. The number of hydrogen-bond donors (Lipinski definition) is 1. The minimum Gasteiger partial charge on any atom is -0.497 e. The van der Waals surface area contributed by atoms with Crippen molar-refractivity contribution in [2.75, 3.05) is 20.2 Å². The molecule has 1 aliphatic rings. The van der Waals surface area contributed by atoms with E-state index in [4.69, 9.17) is 9.47 Å². The third-order valence-corrected chi connectivity index (χ3v) is 6.59. The van der Waals surface area contributed by atoms with Crippen LogP contribution in [0.4, 0.5) is 0 Å². The monoisotopic (exact) mass is 475 g/mol. The summed E-state index contributed by atoms with van der Waals surface area (Å²) in [5.41, 5.74) is 0.623. The molecular weight excluding hydrogens is 446 g/mol. The van der Waals surface area contributed by atoms with Crippen LogP contribution in [0.5, 0.6) is 17.2 Å². The molecule has 9 nitrogen and oxygen atoms in total. The summed E-state index contributed by atoms with van der Waals surface area (Å²) >= 11 is 0. The highest BCUT2D eigenvalue weighted by molar-refractivity contribution is 5.72. The van der Waals surface area contributed by atoms with Gasteiger partial charge in [0, 0.05) is 26.7 Å². The molecule has 0 aliphatic carbocycles. The minimum atomic E-state index is -0.937. The minimum absolute atomic E-state index is 0.170. The van der Waals surface area contributed by atoms with Crippen molar-refractivity contribution >= 4 is 11.0 Å². The number of benzene rings is 2. The van der Waals surface area contributed by atoms with Gasteiger partial charge < -0.3 is 14.6 Å². The van der Waals surface area contributed by atoms with Gasteiger partial charge in [0.05, 0.1) is 25.5 Å². The highest BCUT2D eigenvalue weighted by Gasteiger charge is 2.33.